The van der Waals surface area contributed by atoms with Crippen molar-refractivity contribution in [2.45, 2.75) is 31.8 Å². The lowest BCUT2D eigenvalue weighted by atomic mass is 10.0. The number of hydrogen-bond acceptors (Lipinski definition) is 5. The van der Waals surface area contributed by atoms with Gasteiger partial charge in [0.1, 0.15) is 11.8 Å². The second-order valence-corrected chi connectivity index (χ2v) is 6.95. The Kier molecular flexibility index (Phi) is 6.71. The van der Waals surface area contributed by atoms with Crippen molar-refractivity contribution in [1.82, 2.24) is 15.5 Å². The summed E-state index contributed by atoms with van der Waals surface area (Å²) in [5.74, 6) is 0.349. The topological polar surface area (TPSA) is 83.8 Å². The molecule has 1 saturated heterocycles. The van der Waals surface area contributed by atoms with Crippen LogP contribution < -0.4 is 15.4 Å². The van der Waals surface area contributed by atoms with E-state index < -0.39 is 11.9 Å². The van der Waals surface area contributed by atoms with Crippen LogP contribution in [0.25, 0.3) is 0 Å². The van der Waals surface area contributed by atoms with Crippen LogP contribution >= 0.6 is 0 Å². The molecule has 1 aliphatic rings. The van der Waals surface area contributed by atoms with Gasteiger partial charge in [-0.3, -0.25) is 14.5 Å². The van der Waals surface area contributed by atoms with E-state index in [4.69, 9.17) is 9.15 Å². The monoisotopic (exact) mass is 385 g/mol. The Hall–Kier alpha value is -2.80. The maximum absolute atomic E-state index is 12.5. The van der Waals surface area contributed by atoms with Gasteiger partial charge in [0.05, 0.1) is 19.4 Å². The van der Waals surface area contributed by atoms with Gasteiger partial charge < -0.3 is 19.8 Å². The smallest absolute Gasteiger partial charge is 0.287 e. The van der Waals surface area contributed by atoms with Crippen LogP contribution in [0.4, 0.5) is 0 Å². The van der Waals surface area contributed by atoms with Crippen molar-refractivity contribution in [2.24, 2.45) is 0 Å². The molecule has 2 N–H and O–H groups in total. The van der Waals surface area contributed by atoms with Crippen molar-refractivity contribution >= 4 is 11.8 Å². The van der Waals surface area contributed by atoms with Gasteiger partial charge in [-0.05, 0) is 62.7 Å². The summed E-state index contributed by atoms with van der Waals surface area (Å²) in [4.78, 5) is 27.0. The highest BCUT2D eigenvalue weighted by molar-refractivity contribution is 5.95. The Bertz CT molecular complexity index is 785. The Morgan fingerprint density at radius 3 is 2.68 bits per heavy atom. The van der Waals surface area contributed by atoms with Gasteiger partial charge in [-0.2, -0.15) is 0 Å². The quantitative estimate of drug-likeness (QED) is 0.729. The van der Waals surface area contributed by atoms with E-state index >= 15 is 0 Å². The van der Waals surface area contributed by atoms with E-state index in [1.54, 1.807) is 26.2 Å². The summed E-state index contributed by atoms with van der Waals surface area (Å²) in [6, 6.07) is 10.5. The highest BCUT2D eigenvalue weighted by atomic mass is 16.5. The summed E-state index contributed by atoms with van der Waals surface area (Å²) in [5.41, 5.74) is 1.11. The first-order valence-electron chi connectivity index (χ1n) is 9.58. The van der Waals surface area contributed by atoms with Crippen LogP contribution in [-0.4, -0.2) is 49.5 Å². The molecule has 2 amide bonds. The summed E-state index contributed by atoms with van der Waals surface area (Å²) >= 11 is 0. The number of benzene rings is 1. The van der Waals surface area contributed by atoms with Crippen LogP contribution in [0.15, 0.2) is 47.1 Å². The van der Waals surface area contributed by atoms with Crippen LogP contribution in [0.3, 0.4) is 0 Å². The molecular formula is C21H27N3O4. The Balaban J connectivity index is 1.62. The molecule has 0 aliphatic carbocycles. The predicted molar refractivity (Wildman–Crippen MR) is 105 cm³/mol. The molecule has 2 aromatic rings. The number of amides is 2. The number of carbonyl (C=O) groups is 2. The van der Waals surface area contributed by atoms with Gasteiger partial charge in [-0.1, -0.05) is 12.1 Å². The fraction of sp³-hybridized carbons (Fsp3) is 0.429. The molecule has 0 spiro atoms. The lowest BCUT2D eigenvalue weighted by Crippen LogP contribution is -2.47. The van der Waals surface area contributed by atoms with E-state index in [2.05, 4.69) is 21.6 Å². The number of nitrogens with one attached hydrogen (secondary N) is 2. The average molecular weight is 385 g/mol. The average Bonchev–Trinajstić information content (AvgIpc) is 3.42. The number of carbonyl (C=O) groups excluding carboxylic acids is 2. The standard InChI is InChI=1S/C21H27N3O4/c1-15(23-21(26)19-9-6-12-28-19)20(25)22-14-18(24-10-3-4-11-24)16-7-5-8-17(13-16)27-2/h5-9,12-13,15,18H,3-4,10-11,14H2,1-2H3,(H,22,25)(H,23,26). The molecule has 1 aromatic carbocycles. The third-order valence-electron chi connectivity index (χ3n) is 5.02. The molecule has 0 saturated carbocycles. The molecule has 0 bridgehead atoms. The molecule has 150 valence electrons. The minimum atomic E-state index is -0.665. The summed E-state index contributed by atoms with van der Waals surface area (Å²) in [6.07, 6.45) is 3.74. The molecule has 1 aromatic heterocycles. The van der Waals surface area contributed by atoms with Crippen LogP contribution in [-0.2, 0) is 4.79 Å². The lowest BCUT2D eigenvalue weighted by molar-refractivity contribution is -0.122. The molecule has 2 atom stereocenters. The van der Waals surface area contributed by atoms with Crippen molar-refractivity contribution in [3.63, 3.8) is 0 Å². The van der Waals surface area contributed by atoms with Gasteiger partial charge in [-0.25, -0.2) is 0 Å². The highest BCUT2D eigenvalue weighted by Gasteiger charge is 2.25. The maximum Gasteiger partial charge on any atom is 0.287 e. The van der Waals surface area contributed by atoms with E-state index in [0.717, 1.165) is 37.2 Å². The first kappa shape index (κ1) is 19.9. The van der Waals surface area contributed by atoms with Crippen molar-refractivity contribution < 1.29 is 18.7 Å². The fourth-order valence-corrected chi connectivity index (χ4v) is 3.45. The second kappa shape index (κ2) is 9.41. The van der Waals surface area contributed by atoms with Crippen LogP contribution in [0.5, 0.6) is 5.75 Å². The molecular weight excluding hydrogens is 358 g/mol. The normalized spacial score (nSPS) is 16.4. The Morgan fingerprint density at radius 2 is 2.00 bits per heavy atom. The van der Waals surface area contributed by atoms with Gasteiger partial charge in [0.15, 0.2) is 5.76 Å². The lowest BCUT2D eigenvalue weighted by Gasteiger charge is -2.29. The van der Waals surface area contributed by atoms with E-state index in [-0.39, 0.29) is 17.7 Å². The van der Waals surface area contributed by atoms with Crippen LogP contribution in [0.1, 0.15) is 41.9 Å². The molecule has 7 heteroatoms. The van der Waals surface area contributed by atoms with Crippen molar-refractivity contribution in [3.05, 3.63) is 54.0 Å². The van der Waals surface area contributed by atoms with E-state index in [1.807, 2.05) is 18.2 Å². The molecule has 1 aliphatic heterocycles. The Labute approximate surface area is 165 Å². The molecule has 2 unspecified atom stereocenters. The fourth-order valence-electron chi connectivity index (χ4n) is 3.45. The minimum Gasteiger partial charge on any atom is -0.497 e. The van der Waals surface area contributed by atoms with E-state index in [9.17, 15) is 9.59 Å². The number of methoxy groups -OCH3 is 1. The molecule has 28 heavy (non-hydrogen) atoms. The first-order chi connectivity index (χ1) is 13.6. The third kappa shape index (κ3) is 4.92. The van der Waals surface area contributed by atoms with Gasteiger partial charge >= 0.3 is 0 Å². The van der Waals surface area contributed by atoms with Crippen LogP contribution in [0.2, 0.25) is 0 Å². The number of ether oxygens (including phenoxy) is 1. The molecule has 7 nitrogen and oxygen atoms in total. The van der Waals surface area contributed by atoms with Crippen molar-refractivity contribution in [1.29, 1.82) is 0 Å². The predicted octanol–water partition coefficient (Wildman–Crippen LogP) is 2.36. The van der Waals surface area contributed by atoms with Gasteiger partial charge in [0.25, 0.3) is 5.91 Å². The van der Waals surface area contributed by atoms with Crippen LogP contribution in [0, 0.1) is 0 Å². The number of hydrogen-bond donors (Lipinski definition) is 2. The zero-order valence-corrected chi connectivity index (χ0v) is 16.3. The number of furan rings is 1. The van der Waals surface area contributed by atoms with Crippen molar-refractivity contribution in [3.8, 4) is 5.75 Å². The van der Waals surface area contributed by atoms with Gasteiger partial charge in [0, 0.05) is 6.54 Å². The summed E-state index contributed by atoms with van der Waals surface area (Å²) in [7, 11) is 1.65. The Morgan fingerprint density at radius 1 is 1.21 bits per heavy atom. The largest absolute Gasteiger partial charge is 0.497 e. The zero-order valence-electron chi connectivity index (χ0n) is 16.3. The molecule has 2 heterocycles. The summed E-state index contributed by atoms with van der Waals surface area (Å²) in [5, 5.41) is 5.63. The van der Waals surface area contributed by atoms with Gasteiger partial charge in [-0.15, -0.1) is 0 Å². The number of rotatable bonds is 8. The minimum absolute atomic E-state index is 0.0644. The van der Waals surface area contributed by atoms with Crippen molar-refractivity contribution in [2.75, 3.05) is 26.7 Å². The number of nitrogens with zero attached hydrogens (tertiary/aromatic N) is 1. The molecule has 1 fully saturated rings. The highest BCUT2D eigenvalue weighted by Crippen LogP contribution is 2.27. The zero-order chi connectivity index (χ0) is 19.9. The first-order valence-corrected chi connectivity index (χ1v) is 9.58. The van der Waals surface area contributed by atoms with Gasteiger partial charge in [0.2, 0.25) is 5.91 Å². The van der Waals surface area contributed by atoms with E-state index in [1.165, 1.54) is 6.26 Å². The molecule has 0 radical (unpaired) electrons. The summed E-state index contributed by atoms with van der Waals surface area (Å²) < 4.78 is 10.4. The second-order valence-electron chi connectivity index (χ2n) is 6.95. The molecule has 3 rings (SSSR count). The maximum atomic E-state index is 12.5. The number of likely N-dealkylation sites (tertiary alicyclic amines) is 1. The summed E-state index contributed by atoms with van der Waals surface area (Å²) in [6.45, 7) is 4.13. The third-order valence-corrected chi connectivity index (χ3v) is 5.02. The van der Waals surface area contributed by atoms with E-state index in [0.29, 0.717) is 6.54 Å². The SMILES string of the molecule is COc1cccc(C(CNC(=O)C(C)NC(=O)c2ccco2)N2CCCC2)c1.